The highest BCUT2D eigenvalue weighted by Crippen LogP contribution is 2.30. The topological polar surface area (TPSA) is 55.0 Å². The monoisotopic (exact) mass is 328 g/mol. The molecule has 0 fully saturated rings. The molecule has 2 rings (SSSR count). The summed E-state index contributed by atoms with van der Waals surface area (Å²) in [5.41, 5.74) is 0.124. The Kier molecular flexibility index (Phi) is 3.59. The van der Waals surface area contributed by atoms with Crippen LogP contribution in [0.3, 0.4) is 0 Å². The van der Waals surface area contributed by atoms with Gasteiger partial charge in [0.25, 0.3) is 0 Å². The first-order valence-electron chi connectivity index (χ1n) is 5.33. The molecule has 2 aromatic rings. The predicted octanol–water partition coefficient (Wildman–Crippen LogP) is 3.35. The van der Waals surface area contributed by atoms with Crippen LogP contribution in [0.15, 0.2) is 22.1 Å². The van der Waals surface area contributed by atoms with Gasteiger partial charge in [-0.25, -0.2) is 4.98 Å². The molecule has 0 aliphatic rings. The number of imidazole rings is 1. The van der Waals surface area contributed by atoms with Gasteiger partial charge in [-0.15, -0.1) is 11.3 Å². The van der Waals surface area contributed by atoms with Gasteiger partial charge >= 0.3 is 5.97 Å². The summed E-state index contributed by atoms with van der Waals surface area (Å²) in [6, 6.07) is 2.01. The smallest absolute Gasteiger partial charge is 0.318 e. The number of rotatable bonds is 3. The van der Waals surface area contributed by atoms with E-state index in [2.05, 4.69) is 25.9 Å². The standard InChI is InChI=1S/C12H13BrN2O2S/c1-12(2,11(16)17-3)10-14-5-8(15-10)9-4-7(13)6-18-9/h4-6H,1-3H3,(H,14,15). The number of hydrogen-bond donors (Lipinski definition) is 1. The van der Waals surface area contributed by atoms with Gasteiger partial charge in [0.1, 0.15) is 11.2 Å². The number of methoxy groups -OCH3 is 1. The van der Waals surface area contributed by atoms with Gasteiger partial charge in [-0.3, -0.25) is 4.79 Å². The van der Waals surface area contributed by atoms with E-state index < -0.39 is 5.41 Å². The molecule has 2 aromatic heterocycles. The van der Waals surface area contributed by atoms with Crippen LogP contribution in [0.5, 0.6) is 0 Å². The van der Waals surface area contributed by atoms with Crippen molar-refractivity contribution in [2.24, 2.45) is 0 Å². The van der Waals surface area contributed by atoms with E-state index in [0.29, 0.717) is 5.82 Å². The molecule has 0 saturated carbocycles. The fourth-order valence-electron chi connectivity index (χ4n) is 1.57. The fraction of sp³-hybridized carbons (Fsp3) is 0.333. The van der Waals surface area contributed by atoms with Gasteiger partial charge in [-0.1, -0.05) is 0 Å². The summed E-state index contributed by atoms with van der Waals surface area (Å²) in [7, 11) is 1.38. The summed E-state index contributed by atoms with van der Waals surface area (Å²) < 4.78 is 5.82. The van der Waals surface area contributed by atoms with Crippen LogP contribution in [0.4, 0.5) is 0 Å². The number of H-pyrrole nitrogens is 1. The molecular weight excluding hydrogens is 316 g/mol. The normalized spacial score (nSPS) is 11.6. The van der Waals surface area contributed by atoms with E-state index in [1.165, 1.54) is 7.11 Å². The lowest BCUT2D eigenvalue weighted by Crippen LogP contribution is -2.31. The molecule has 0 saturated heterocycles. The molecule has 6 heteroatoms. The van der Waals surface area contributed by atoms with Gasteiger partial charge in [0.05, 0.1) is 23.9 Å². The minimum absolute atomic E-state index is 0.309. The number of nitrogens with one attached hydrogen (secondary N) is 1. The molecule has 0 radical (unpaired) electrons. The zero-order valence-electron chi connectivity index (χ0n) is 10.3. The Morgan fingerprint density at radius 3 is 2.83 bits per heavy atom. The second kappa shape index (κ2) is 4.85. The minimum Gasteiger partial charge on any atom is -0.468 e. The highest BCUT2D eigenvalue weighted by atomic mass is 79.9. The maximum atomic E-state index is 11.7. The van der Waals surface area contributed by atoms with E-state index in [1.807, 2.05) is 11.4 Å². The Morgan fingerprint density at radius 1 is 1.56 bits per heavy atom. The lowest BCUT2D eigenvalue weighted by molar-refractivity contribution is -0.146. The summed E-state index contributed by atoms with van der Waals surface area (Å²) >= 11 is 5.02. The number of aromatic nitrogens is 2. The van der Waals surface area contributed by atoms with Crippen molar-refractivity contribution in [1.82, 2.24) is 9.97 Å². The number of aromatic amines is 1. The summed E-state index contributed by atoms with van der Waals surface area (Å²) in [5, 5.41) is 2.00. The number of ether oxygens (including phenoxy) is 1. The Labute approximate surface area is 118 Å². The lowest BCUT2D eigenvalue weighted by Gasteiger charge is -2.18. The molecule has 0 spiro atoms. The van der Waals surface area contributed by atoms with Crippen molar-refractivity contribution < 1.29 is 9.53 Å². The van der Waals surface area contributed by atoms with E-state index in [4.69, 9.17) is 4.74 Å². The number of thiophene rings is 1. The average molecular weight is 329 g/mol. The van der Waals surface area contributed by atoms with Crippen LogP contribution >= 0.6 is 27.3 Å². The summed E-state index contributed by atoms with van der Waals surface area (Å²) in [6.45, 7) is 3.57. The van der Waals surface area contributed by atoms with Crippen LogP contribution in [0.1, 0.15) is 19.7 Å². The molecule has 0 aliphatic carbocycles. The van der Waals surface area contributed by atoms with Crippen LogP contribution in [-0.4, -0.2) is 23.0 Å². The quantitative estimate of drug-likeness (QED) is 0.879. The van der Waals surface area contributed by atoms with E-state index in [-0.39, 0.29) is 5.97 Å². The molecule has 1 N–H and O–H groups in total. The van der Waals surface area contributed by atoms with Crippen LogP contribution in [-0.2, 0) is 14.9 Å². The van der Waals surface area contributed by atoms with Crippen molar-refractivity contribution in [2.75, 3.05) is 7.11 Å². The maximum Gasteiger partial charge on any atom is 0.318 e. The zero-order valence-corrected chi connectivity index (χ0v) is 12.7. The van der Waals surface area contributed by atoms with Crippen molar-refractivity contribution in [3.8, 4) is 10.6 Å². The van der Waals surface area contributed by atoms with Gasteiger partial charge in [-0.2, -0.15) is 0 Å². The number of hydrogen-bond acceptors (Lipinski definition) is 4. The largest absolute Gasteiger partial charge is 0.468 e. The van der Waals surface area contributed by atoms with Crippen molar-refractivity contribution >= 4 is 33.2 Å². The SMILES string of the molecule is COC(=O)C(C)(C)c1ncc(-c2cc(Br)cs2)[nH]1. The molecule has 0 amide bonds. The molecule has 2 heterocycles. The molecule has 4 nitrogen and oxygen atoms in total. The third-order valence-electron chi connectivity index (χ3n) is 2.70. The Bertz CT molecular complexity index is 574. The second-order valence-corrected chi connectivity index (χ2v) is 6.22. The van der Waals surface area contributed by atoms with Crippen LogP contribution in [0, 0.1) is 0 Å². The maximum absolute atomic E-state index is 11.7. The highest BCUT2D eigenvalue weighted by Gasteiger charge is 2.34. The summed E-state index contributed by atoms with van der Waals surface area (Å²) in [5.74, 6) is 0.296. The van der Waals surface area contributed by atoms with E-state index in [1.54, 1.807) is 31.4 Å². The van der Waals surface area contributed by atoms with Crippen molar-refractivity contribution in [3.63, 3.8) is 0 Å². The first-order valence-corrected chi connectivity index (χ1v) is 7.00. The summed E-state index contributed by atoms with van der Waals surface area (Å²) in [4.78, 5) is 20.2. The second-order valence-electron chi connectivity index (χ2n) is 4.39. The summed E-state index contributed by atoms with van der Waals surface area (Å²) in [6.07, 6.45) is 1.73. The molecule has 96 valence electrons. The number of carbonyl (C=O) groups excluding carboxylic acids is 1. The average Bonchev–Trinajstić information content (AvgIpc) is 2.95. The number of nitrogens with zero attached hydrogens (tertiary/aromatic N) is 1. The molecule has 0 atom stereocenters. The van der Waals surface area contributed by atoms with Crippen LogP contribution < -0.4 is 0 Å². The molecule has 18 heavy (non-hydrogen) atoms. The Morgan fingerprint density at radius 2 is 2.28 bits per heavy atom. The van der Waals surface area contributed by atoms with Crippen molar-refractivity contribution in [1.29, 1.82) is 0 Å². The van der Waals surface area contributed by atoms with Crippen molar-refractivity contribution in [2.45, 2.75) is 19.3 Å². The third-order valence-corrected chi connectivity index (χ3v) is 4.42. The zero-order chi connectivity index (χ0) is 13.3. The fourth-order valence-corrected chi connectivity index (χ4v) is 2.96. The predicted molar refractivity (Wildman–Crippen MR) is 74.6 cm³/mol. The Balaban J connectivity index is 2.33. The van der Waals surface area contributed by atoms with Gasteiger partial charge in [0, 0.05) is 9.85 Å². The van der Waals surface area contributed by atoms with Gasteiger partial charge in [0.2, 0.25) is 0 Å². The molecule has 0 aromatic carbocycles. The van der Waals surface area contributed by atoms with E-state index in [0.717, 1.165) is 15.0 Å². The molecule has 0 bridgehead atoms. The minimum atomic E-state index is -0.776. The van der Waals surface area contributed by atoms with Gasteiger partial charge < -0.3 is 9.72 Å². The Hall–Kier alpha value is -1.14. The van der Waals surface area contributed by atoms with Crippen LogP contribution in [0.2, 0.25) is 0 Å². The first-order chi connectivity index (χ1) is 8.45. The molecule has 0 unspecified atom stereocenters. The number of carbonyl (C=O) groups is 1. The van der Waals surface area contributed by atoms with E-state index in [9.17, 15) is 4.79 Å². The van der Waals surface area contributed by atoms with Gasteiger partial charge in [0.15, 0.2) is 0 Å². The van der Waals surface area contributed by atoms with Gasteiger partial charge in [-0.05, 0) is 35.8 Å². The third kappa shape index (κ3) is 2.35. The first kappa shape index (κ1) is 13.3. The van der Waals surface area contributed by atoms with Crippen LogP contribution in [0.25, 0.3) is 10.6 Å². The number of halogens is 1. The number of esters is 1. The van der Waals surface area contributed by atoms with Crippen molar-refractivity contribution in [3.05, 3.63) is 27.9 Å². The lowest BCUT2D eigenvalue weighted by atomic mass is 9.93. The molecular formula is C12H13BrN2O2S. The highest BCUT2D eigenvalue weighted by molar-refractivity contribution is 9.10. The van der Waals surface area contributed by atoms with E-state index >= 15 is 0 Å². The molecule has 0 aliphatic heterocycles.